The second kappa shape index (κ2) is 4.73. The molecule has 0 aliphatic heterocycles. The van der Waals surface area contributed by atoms with Crippen LogP contribution in [-0.4, -0.2) is 0 Å². The highest BCUT2D eigenvalue weighted by Gasteiger charge is 2.23. The number of nitrogen functional groups attached to an aromatic ring is 1. The molecule has 0 bridgehead atoms. The van der Waals surface area contributed by atoms with E-state index in [0.29, 0.717) is 0 Å². The van der Waals surface area contributed by atoms with Gasteiger partial charge < -0.3 is 5.73 Å². The van der Waals surface area contributed by atoms with E-state index in [1.807, 2.05) is 6.07 Å². The lowest BCUT2D eigenvalue weighted by atomic mass is 9.77. The molecule has 0 saturated heterocycles. The van der Waals surface area contributed by atoms with E-state index in [-0.39, 0.29) is 5.41 Å². The molecular weight excluding hydrogens is 230 g/mol. The molecule has 2 rings (SSSR count). The molecule has 2 aromatic rings. The summed E-state index contributed by atoms with van der Waals surface area (Å²) < 4.78 is 0. The number of hydrogen-bond acceptors (Lipinski definition) is 1. The standard InChI is InChI=1S/C18H23N/c1-12-6-7-15(10-13(12)2)18(4,5)16-8-9-17(19)14(3)11-16/h6-11H,19H2,1-5H3. The highest BCUT2D eigenvalue weighted by Crippen LogP contribution is 2.33. The lowest BCUT2D eigenvalue weighted by molar-refractivity contribution is 0.639. The van der Waals surface area contributed by atoms with Crippen LogP contribution >= 0.6 is 0 Å². The summed E-state index contributed by atoms with van der Waals surface area (Å²) in [4.78, 5) is 0. The fourth-order valence-corrected chi connectivity index (χ4v) is 2.36. The molecular formula is C18H23N. The summed E-state index contributed by atoms with van der Waals surface area (Å²) in [6.45, 7) is 10.9. The van der Waals surface area contributed by atoms with Crippen LogP contribution in [-0.2, 0) is 5.41 Å². The van der Waals surface area contributed by atoms with Gasteiger partial charge in [-0.2, -0.15) is 0 Å². The van der Waals surface area contributed by atoms with Crippen molar-refractivity contribution >= 4 is 5.69 Å². The molecule has 19 heavy (non-hydrogen) atoms. The molecule has 2 aromatic carbocycles. The zero-order chi connectivity index (χ0) is 14.2. The van der Waals surface area contributed by atoms with Gasteiger partial charge in [0.25, 0.3) is 0 Å². The predicted molar refractivity (Wildman–Crippen MR) is 83.6 cm³/mol. The minimum atomic E-state index is -0.00306. The molecule has 0 amide bonds. The maximum absolute atomic E-state index is 5.91. The van der Waals surface area contributed by atoms with Gasteiger partial charge in [0.1, 0.15) is 0 Å². The van der Waals surface area contributed by atoms with Gasteiger partial charge in [0, 0.05) is 11.1 Å². The third kappa shape index (κ3) is 2.51. The van der Waals surface area contributed by atoms with Crippen LogP contribution < -0.4 is 5.73 Å². The van der Waals surface area contributed by atoms with Crippen LogP contribution in [0.5, 0.6) is 0 Å². The summed E-state index contributed by atoms with van der Waals surface area (Å²) in [5.74, 6) is 0. The number of rotatable bonds is 2. The van der Waals surface area contributed by atoms with Crippen molar-refractivity contribution < 1.29 is 0 Å². The summed E-state index contributed by atoms with van der Waals surface area (Å²) >= 11 is 0. The molecule has 0 unspecified atom stereocenters. The largest absolute Gasteiger partial charge is 0.399 e. The topological polar surface area (TPSA) is 26.0 Å². The summed E-state index contributed by atoms with van der Waals surface area (Å²) in [6, 6.07) is 13.1. The van der Waals surface area contributed by atoms with Gasteiger partial charge in [-0.1, -0.05) is 44.2 Å². The molecule has 0 atom stereocenters. The van der Waals surface area contributed by atoms with Crippen molar-refractivity contribution in [1.29, 1.82) is 0 Å². The van der Waals surface area contributed by atoms with E-state index in [1.54, 1.807) is 0 Å². The Kier molecular flexibility index (Phi) is 3.40. The van der Waals surface area contributed by atoms with Crippen molar-refractivity contribution in [2.24, 2.45) is 0 Å². The molecule has 0 aromatic heterocycles. The Bertz CT molecular complexity index is 556. The Morgan fingerprint density at radius 3 is 1.79 bits per heavy atom. The number of hydrogen-bond donors (Lipinski definition) is 1. The Balaban J connectivity index is 2.51. The van der Waals surface area contributed by atoms with Gasteiger partial charge in [-0.05, 0) is 54.7 Å². The van der Waals surface area contributed by atoms with Crippen LogP contribution in [0.3, 0.4) is 0 Å². The normalized spacial score (nSPS) is 11.6. The maximum atomic E-state index is 5.91. The average Bonchev–Trinajstić information content (AvgIpc) is 2.35. The minimum absolute atomic E-state index is 0.00306. The lowest BCUT2D eigenvalue weighted by Gasteiger charge is -2.27. The molecule has 0 fully saturated rings. The molecule has 2 N–H and O–H groups in total. The monoisotopic (exact) mass is 253 g/mol. The van der Waals surface area contributed by atoms with Crippen LogP contribution in [0.25, 0.3) is 0 Å². The van der Waals surface area contributed by atoms with Gasteiger partial charge in [-0.25, -0.2) is 0 Å². The molecule has 0 saturated carbocycles. The van der Waals surface area contributed by atoms with Gasteiger partial charge in [-0.15, -0.1) is 0 Å². The van der Waals surface area contributed by atoms with Gasteiger partial charge >= 0.3 is 0 Å². The third-order valence-electron chi connectivity index (χ3n) is 4.22. The quantitative estimate of drug-likeness (QED) is 0.782. The lowest BCUT2D eigenvalue weighted by Crippen LogP contribution is -2.19. The molecule has 100 valence electrons. The number of aryl methyl sites for hydroxylation is 3. The highest BCUT2D eigenvalue weighted by molar-refractivity contribution is 5.51. The van der Waals surface area contributed by atoms with Crippen LogP contribution in [0.2, 0.25) is 0 Å². The molecule has 1 heteroatoms. The number of nitrogens with two attached hydrogens (primary N) is 1. The van der Waals surface area contributed by atoms with E-state index < -0.39 is 0 Å². The molecule has 0 aliphatic carbocycles. The van der Waals surface area contributed by atoms with E-state index in [9.17, 15) is 0 Å². The van der Waals surface area contributed by atoms with Crippen molar-refractivity contribution in [3.8, 4) is 0 Å². The van der Waals surface area contributed by atoms with E-state index >= 15 is 0 Å². The van der Waals surface area contributed by atoms with Crippen molar-refractivity contribution in [1.82, 2.24) is 0 Å². The Morgan fingerprint density at radius 2 is 1.26 bits per heavy atom. The second-order valence-corrected chi connectivity index (χ2v) is 6.00. The molecule has 0 aliphatic rings. The third-order valence-corrected chi connectivity index (χ3v) is 4.22. The zero-order valence-corrected chi connectivity index (χ0v) is 12.5. The smallest absolute Gasteiger partial charge is 0.0343 e. The van der Waals surface area contributed by atoms with Gasteiger partial charge in [-0.3, -0.25) is 0 Å². The second-order valence-electron chi connectivity index (χ2n) is 6.00. The molecule has 0 spiro atoms. The summed E-state index contributed by atoms with van der Waals surface area (Å²) in [5.41, 5.74) is 13.3. The SMILES string of the molecule is Cc1ccc(C(C)(C)c2ccc(N)c(C)c2)cc1C. The fourth-order valence-electron chi connectivity index (χ4n) is 2.36. The summed E-state index contributed by atoms with van der Waals surface area (Å²) in [6.07, 6.45) is 0. The van der Waals surface area contributed by atoms with E-state index in [1.165, 1.54) is 22.3 Å². The van der Waals surface area contributed by atoms with Crippen molar-refractivity contribution in [3.63, 3.8) is 0 Å². The number of anilines is 1. The van der Waals surface area contributed by atoms with Crippen LogP contribution in [0, 0.1) is 20.8 Å². The van der Waals surface area contributed by atoms with Crippen LogP contribution in [0.4, 0.5) is 5.69 Å². The first-order valence-electron chi connectivity index (χ1n) is 6.76. The van der Waals surface area contributed by atoms with Crippen LogP contribution in [0.15, 0.2) is 36.4 Å². The summed E-state index contributed by atoms with van der Waals surface area (Å²) in [5, 5.41) is 0. The van der Waals surface area contributed by atoms with Crippen molar-refractivity contribution in [2.45, 2.75) is 40.0 Å². The predicted octanol–water partition coefficient (Wildman–Crippen LogP) is 4.52. The summed E-state index contributed by atoms with van der Waals surface area (Å²) in [7, 11) is 0. The highest BCUT2D eigenvalue weighted by atomic mass is 14.6. The zero-order valence-electron chi connectivity index (χ0n) is 12.5. The first-order valence-corrected chi connectivity index (χ1v) is 6.76. The Morgan fingerprint density at radius 1 is 0.737 bits per heavy atom. The van der Waals surface area contributed by atoms with E-state index in [0.717, 1.165) is 11.3 Å². The van der Waals surface area contributed by atoms with Crippen molar-refractivity contribution in [2.75, 3.05) is 5.73 Å². The van der Waals surface area contributed by atoms with Gasteiger partial charge in [0.15, 0.2) is 0 Å². The molecule has 1 nitrogen and oxygen atoms in total. The minimum Gasteiger partial charge on any atom is -0.399 e. The van der Waals surface area contributed by atoms with Crippen molar-refractivity contribution in [3.05, 3.63) is 64.2 Å². The maximum Gasteiger partial charge on any atom is 0.0343 e. The first kappa shape index (κ1) is 13.7. The fraction of sp³-hybridized carbons (Fsp3) is 0.333. The molecule has 0 radical (unpaired) electrons. The van der Waals surface area contributed by atoms with Crippen LogP contribution in [0.1, 0.15) is 41.7 Å². The first-order chi connectivity index (χ1) is 8.82. The molecule has 0 heterocycles. The number of benzene rings is 2. The Labute approximate surface area is 116 Å². The van der Waals surface area contributed by atoms with E-state index in [4.69, 9.17) is 5.73 Å². The van der Waals surface area contributed by atoms with E-state index in [2.05, 4.69) is 65.0 Å². The van der Waals surface area contributed by atoms with Gasteiger partial charge in [0.05, 0.1) is 0 Å². The Hall–Kier alpha value is -1.76. The average molecular weight is 253 g/mol. The van der Waals surface area contributed by atoms with Gasteiger partial charge in [0.2, 0.25) is 0 Å².